The molecule has 0 bridgehead atoms. The highest BCUT2D eigenvalue weighted by atomic mass is 79.9. The third-order valence-corrected chi connectivity index (χ3v) is 6.98. The molecule has 1 saturated heterocycles. The van der Waals surface area contributed by atoms with Crippen molar-refractivity contribution < 1.29 is 4.79 Å². The minimum Gasteiger partial charge on any atom is -0.337 e. The van der Waals surface area contributed by atoms with E-state index in [-0.39, 0.29) is 5.91 Å². The second kappa shape index (κ2) is 8.00. The molecule has 1 fully saturated rings. The second-order valence-electron chi connectivity index (χ2n) is 6.15. The van der Waals surface area contributed by atoms with Gasteiger partial charge in [0.05, 0.1) is 20.5 Å². The number of nitrogens with zero attached hydrogens (tertiary/aromatic N) is 3. The fourth-order valence-electron chi connectivity index (χ4n) is 2.98. The van der Waals surface area contributed by atoms with Crippen molar-refractivity contribution in [2.45, 2.75) is 6.54 Å². The molecule has 0 aliphatic carbocycles. The van der Waals surface area contributed by atoms with Gasteiger partial charge in [0.1, 0.15) is 5.01 Å². The Morgan fingerprint density at radius 3 is 2.65 bits per heavy atom. The monoisotopic (exact) mass is 447 g/mol. The van der Waals surface area contributed by atoms with Crippen LogP contribution >= 0.6 is 38.6 Å². The number of hydrogen-bond donors (Lipinski definition) is 0. The van der Waals surface area contributed by atoms with Gasteiger partial charge in [0.15, 0.2) is 0 Å². The van der Waals surface area contributed by atoms with Gasteiger partial charge in [0.2, 0.25) is 5.91 Å². The number of benzene rings is 1. The van der Waals surface area contributed by atoms with Crippen molar-refractivity contribution in [3.8, 4) is 0 Å². The lowest BCUT2D eigenvalue weighted by molar-refractivity contribution is -0.127. The zero-order valence-electron chi connectivity index (χ0n) is 14.1. The molecule has 3 aromatic rings. The van der Waals surface area contributed by atoms with E-state index in [1.54, 1.807) is 28.7 Å². The summed E-state index contributed by atoms with van der Waals surface area (Å²) in [6, 6.07) is 12.3. The summed E-state index contributed by atoms with van der Waals surface area (Å²) in [5.74, 6) is 0.0918. The minimum absolute atomic E-state index is 0.0918. The smallest absolute Gasteiger partial charge is 0.246 e. The molecular formula is C19H18BrN3OS2. The van der Waals surface area contributed by atoms with Gasteiger partial charge in [-0.25, -0.2) is 4.98 Å². The molecule has 0 N–H and O–H groups in total. The SMILES string of the molecule is O=C(/C=C/c1ccc(Br)s1)N1CCN(Cc2nc3ccccc3s2)CC1. The third kappa shape index (κ3) is 4.23. The van der Waals surface area contributed by atoms with Gasteiger partial charge in [-0.2, -0.15) is 0 Å². The Kier molecular flexibility index (Phi) is 5.49. The Balaban J connectivity index is 1.30. The Labute approximate surface area is 168 Å². The fraction of sp³-hybridized carbons (Fsp3) is 0.263. The quantitative estimate of drug-likeness (QED) is 0.553. The van der Waals surface area contributed by atoms with Crippen molar-refractivity contribution in [2.75, 3.05) is 26.2 Å². The summed E-state index contributed by atoms with van der Waals surface area (Å²) in [7, 11) is 0. The fourth-order valence-corrected chi connectivity index (χ4v) is 5.32. The van der Waals surface area contributed by atoms with Crippen LogP contribution in [0.2, 0.25) is 0 Å². The largest absolute Gasteiger partial charge is 0.337 e. The van der Waals surface area contributed by atoms with E-state index in [9.17, 15) is 4.79 Å². The first-order valence-corrected chi connectivity index (χ1v) is 10.9. The Morgan fingerprint density at radius 2 is 1.92 bits per heavy atom. The molecule has 134 valence electrons. The van der Waals surface area contributed by atoms with E-state index >= 15 is 0 Å². The summed E-state index contributed by atoms with van der Waals surface area (Å²) in [5, 5.41) is 1.15. The first-order chi connectivity index (χ1) is 12.7. The maximum Gasteiger partial charge on any atom is 0.246 e. The van der Waals surface area contributed by atoms with Gasteiger partial charge in [0.25, 0.3) is 0 Å². The van der Waals surface area contributed by atoms with Crippen LogP contribution in [0.4, 0.5) is 0 Å². The van der Waals surface area contributed by atoms with Gasteiger partial charge in [-0.05, 0) is 46.3 Å². The first kappa shape index (κ1) is 17.9. The summed E-state index contributed by atoms with van der Waals surface area (Å²) in [6.45, 7) is 4.17. The predicted molar refractivity (Wildman–Crippen MR) is 113 cm³/mol. The van der Waals surface area contributed by atoms with E-state index < -0.39 is 0 Å². The maximum atomic E-state index is 12.4. The van der Waals surface area contributed by atoms with Crippen molar-refractivity contribution in [3.05, 3.63) is 56.1 Å². The number of rotatable bonds is 4. The van der Waals surface area contributed by atoms with Crippen molar-refractivity contribution in [2.24, 2.45) is 0 Å². The van der Waals surface area contributed by atoms with Crippen LogP contribution in [0.5, 0.6) is 0 Å². The molecular weight excluding hydrogens is 430 g/mol. The summed E-state index contributed by atoms with van der Waals surface area (Å²) < 4.78 is 2.31. The van der Waals surface area contributed by atoms with E-state index in [0.717, 1.165) is 51.9 Å². The topological polar surface area (TPSA) is 36.4 Å². The molecule has 0 radical (unpaired) electrons. The van der Waals surface area contributed by atoms with Gasteiger partial charge >= 0.3 is 0 Å². The number of para-hydroxylation sites is 1. The van der Waals surface area contributed by atoms with E-state index in [4.69, 9.17) is 4.98 Å². The summed E-state index contributed by atoms with van der Waals surface area (Å²) in [4.78, 5) is 22.5. The number of thiophene rings is 1. The highest BCUT2D eigenvalue weighted by molar-refractivity contribution is 9.11. The average Bonchev–Trinajstić information content (AvgIpc) is 3.25. The van der Waals surface area contributed by atoms with Crippen LogP contribution < -0.4 is 0 Å². The van der Waals surface area contributed by atoms with Gasteiger partial charge < -0.3 is 4.90 Å². The molecule has 0 unspecified atom stereocenters. The molecule has 1 aromatic carbocycles. The predicted octanol–water partition coefficient (Wildman–Crippen LogP) is 4.48. The summed E-state index contributed by atoms with van der Waals surface area (Å²) in [5.41, 5.74) is 1.08. The molecule has 3 heterocycles. The van der Waals surface area contributed by atoms with Crippen LogP contribution in [0, 0.1) is 0 Å². The maximum absolute atomic E-state index is 12.4. The van der Waals surface area contributed by atoms with Crippen molar-refractivity contribution >= 4 is 60.8 Å². The summed E-state index contributed by atoms with van der Waals surface area (Å²) >= 11 is 6.82. The molecule has 2 aromatic heterocycles. The molecule has 4 rings (SSSR count). The van der Waals surface area contributed by atoms with E-state index in [1.807, 2.05) is 29.2 Å². The van der Waals surface area contributed by atoms with Crippen molar-refractivity contribution in [3.63, 3.8) is 0 Å². The lowest BCUT2D eigenvalue weighted by Gasteiger charge is -2.33. The molecule has 0 saturated carbocycles. The van der Waals surface area contributed by atoms with E-state index in [0.29, 0.717) is 0 Å². The Morgan fingerprint density at radius 1 is 1.12 bits per heavy atom. The zero-order chi connectivity index (χ0) is 17.9. The standard InChI is InChI=1S/C19H18BrN3OS2/c20-17-7-5-14(25-17)6-8-19(24)23-11-9-22(10-12-23)13-18-21-15-3-1-2-4-16(15)26-18/h1-8H,9-13H2/b8-6+. The number of piperazine rings is 1. The molecule has 1 aliphatic rings. The second-order valence-corrected chi connectivity index (χ2v) is 9.76. The normalized spacial score (nSPS) is 16.0. The molecule has 4 nitrogen and oxygen atoms in total. The van der Waals surface area contributed by atoms with Crippen LogP contribution in [0.15, 0.2) is 46.3 Å². The Bertz CT molecular complexity index is 908. The minimum atomic E-state index is 0.0918. The molecule has 7 heteroatoms. The molecule has 26 heavy (non-hydrogen) atoms. The number of halogens is 1. The van der Waals surface area contributed by atoms with E-state index in [1.165, 1.54) is 4.70 Å². The molecule has 0 spiro atoms. The lowest BCUT2D eigenvalue weighted by atomic mass is 10.3. The number of thiazole rings is 1. The van der Waals surface area contributed by atoms with Crippen molar-refractivity contribution in [1.82, 2.24) is 14.8 Å². The number of aromatic nitrogens is 1. The first-order valence-electron chi connectivity index (χ1n) is 8.46. The van der Waals surface area contributed by atoms with Crippen molar-refractivity contribution in [1.29, 1.82) is 0 Å². The molecule has 1 amide bonds. The van der Waals surface area contributed by atoms with E-state index in [2.05, 4.69) is 39.0 Å². The zero-order valence-corrected chi connectivity index (χ0v) is 17.3. The third-order valence-electron chi connectivity index (χ3n) is 4.37. The van der Waals surface area contributed by atoms with Crippen LogP contribution in [0.1, 0.15) is 9.88 Å². The lowest BCUT2D eigenvalue weighted by Crippen LogP contribution is -2.47. The number of carbonyl (C=O) groups excluding carboxylic acids is 1. The van der Waals surface area contributed by atoms with Gasteiger partial charge in [0, 0.05) is 37.1 Å². The van der Waals surface area contributed by atoms with Crippen LogP contribution in [0.25, 0.3) is 16.3 Å². The summed E-state index contributed by atoms with van der Waals surface area (Å²) in [6.07, 6.45) is 3.58. The van der Waals surface area contributed by atoms with Gasteiger partial charge in [-0.15, -0.1) is 22.7 Å². The average molecular weight is 448 g/mol. The van der Waals surface area contributed by atoms with Crippen LogP contribution in [-0.2, 0) is 11.3 Å². The highest BCUT2D eigenvalue weighted by Crippen LogP contribution is 2.24. The number of fused-ring (bicyclic) bond motifs is 1. The van der Waals surface area contributed by atoms with Gasteiger partial charge in [-0.3, -0.25) is 9.69 Å². The Hall–Kier alpha value is -1.54. The number of amides is 1. The van der Waals surface area contributed by atoms with Gasteiger partial charge in [-0.1, -0.05) is 12.1 Å². The number of hydrogen-bond acceptors (Lipinski definition) is 5. The molecule has 0 atom stereocenters. The molecule has 1 aliphatic heterocycles. The van der Waals surface area contributed by atoms with Crippen LogP contribution in [0.3, 0.4) is 0 Å². The van der Waals surface area contributed by atoms with Crippen LogP contribution in [-0.4, -0.2) is 46.9 Å². The highest BCUT2D eigenvalue weighted by Gasteiger charge is 2.20. The number of carbonyl (C=O) groups is 1.